The van der Waals surface area contributed by atoms with E-state index in [1.165, 1.54) is 37.2 Å². The van der Waals surface area contributed by atoms with Crippen molar-refractivity contribution in [3.05, 3.63) is 41.3 Å². The Bertz CT molecular complexity index is 679. The number of hydrogen-bond acceptors (Lipinski definition) is 6. The molecule has 0 bridgehead atoms. The van der Waals surface area contributed by atoms with Gasteiger partial charge in [0.15, 0.2) is 22.5 Å². The van der Waals surface area contributed by atoms with E-state index in [9.17, 15) is 9.18 Å². The van der Waals surface area contributed by atoms with Gasteiger partial charge in [0.25, 0.3) is 0 Å². The van der Waals surface area contributed by atoms with E-state index in [0.29, 0.717) is 5.16 Å². The Balaban J connectivity index is 2.33. The lowest BCUT2D eigenvalue weighted by Gasteiger charge is -2.07. The summed E-state index contributed by atoms with van der Waals surface area (Å²) in [6, 6.07) is 3.97. The number of nitrogens with zero attached hydrogens (tertiary/aromatic N) is 2. The number of aromatic nitrogens is 2. The molecule has 0 aliphatic carbocycles. The highest BCUT2D eigenvalue weighted by atomic mass is 32.2. The summed E-state index contributed by atoms with van der Waals surface area (Å²) in [5, 5.41) is 0.507. The molecule has 21 heavy (non-hydrogen) atoms. The number of nitrogens with two attached hydrogens (primary N) is 1. The van der Waals surface area contributed by atoms with Crippen LogP contribution in [0.1, 0.15) is 22.8 Å². The summed E-state index contributed by atoms with van der Waals surface area (Å²) in [5.74, 6) is -0.0769. The van der Waals surface area contributed by atoms with Crippen LogP contribution in [-0.2, 0) is 0 Å². The van der Waals surface area contributed by atoms with E-state index in [0.717, 1.165) is 11.8 Å². The predicted octanol–water partition coefficient (Wildman–Crippen LogP) is 2.55. The van der Waals surface area contributed by atoms with Gasteiger partial charge in [0.1, 0.15) is 5.82 Å². The number of anilines is 1. The third-order valence-corrected chi connectivity index (χ3v) is 3.47. The van der Waals surface area contributed by atoms with Gasteiger partial charge in [-0.3, -0.25) is 4.79 Å². The quantitative estimate of drug-likeness (QED) is 0.519. The summed E-state index contributed by atoms with van der Waals surface area (Å²) in [6.45, 7) is 1.96. The number of nitrogen functional groups attached to an aromatic ring is 1. The zero-order chi connectivity index (χ0) is 15.4. The van der Waals surface area contributed by atoms with Crippen LogP contribution >= 0.6 is 11.8 Å². The van der Waals surface area contributed by atoms with Gasteiger partial charge >= 0.3 is 0 Å². The molecule has 7 heteroatoms. The SMILES string of the molecule is CCSc1ncc(C(=O)c2ccc(OC)c(F)c2)c(N)n1. The van der Waals surface area contributed by atoms with Crippen molar-refractivity contribution in [2.45, 2.75) is 12.1 Å². The highest BCUT2D eigenvalue weighted by Gasteiger charge is 2.16. The maximum absolute atomic E-state index is 13.6. The average molecular weight is 307 g/mol. The molecule has 5 nitrogen and oxygen atoms in total. The Morgan fingerprint density at radius 2 is 2.24 bits per heavy atom. The molecule has 0 unspecified atom stereocenters. The van der Waals surface area contributed by atoms with Crippen molar-refractivity contribution in [3.63, 3.8) is 0 Å². The van der Waals surface area contributed by atoms with Crippen molar-refractivity contribution in [1.82, 2.24) is 9.97 Å². The van der Waals surface area contributed by atoms with E-state index in [-0.39, 0.29) is 22.7 Å². The molecule has 0 amide bonds. The number of carbonyl (C=O) groups excluding carboxylic acids is 1. The van der Waals surface area contributed by atoms with Crippen molar-refractivity contribution in [1.29, 1.82) is 0 Å². The minimum absolute atomic E-state index is 0.0745. The number of ketones is 1. The largest absolute Gasteiger partial charge is 0.494 e. The number of rotatable bonds is 5. The summed E-state index contributed by atoms with van der Waals surface area (Å²) in [5.41, 5.74) is 6.10. The summed E-state index contributed by atoms with van der Waals surface area (Å²) >= 11 is 1.42. The number of methoxy groups -OCH3 is 1. The molecule has 0 saturated heterocycles. The maximum atomic E-state index is 13.6. The minimum Gasteiger partial charge on any atom is -0.494 e. The molecule has 0 saturated carbocycles. The third-order valence-electron chi connectivity index (χ3n) is 2.73. The Morgan fingerprint density at radius 1 is 1.48 bits per heavy atom. The van der Waals surface area contributed by atoms with Crippen LogP contribution in [0.15, 0.2) is 29.6 Å². The molecule has 2 rings (SSSR count). The van der Waals surface area contributed by atoms with Gasteiger partial charge in [-0.1, -0.05) is 18.7 Å². The summed E-state index contributed by atoms with van der Waals surface area (Å²) in [6.07, 6.45) is 1.37. The molecule has 0 fully saturated rings. The second-order valence-electron chi connectivity index (χ2n) is 4.06. The molecule has 0 atom stereocenters. The first-order valence-electron chi connectivity index (χ1n) is 6.20. The van der Waals surface area contributed by atoms with Gasteiger partial charge in [0.2, 0.25) is 0 Å². The molecule has 1 aromatic carbocycles. The fraction of sp³-hybridized carbons (Fsp3) is 0.214. The van der Waals surface area contributed by atoms with E-state index >= 15 is 0 Å². The minimum atomic E-state index is -0.610. The van der Waals surface area contributed by atoms with Crippen LogP contribution in [0.3, 0.4) is 0 Å². The fourth-order valence-electron chi connectivity index (χ4n) is 1.71. The molecule has 0 aliphatic heterocycles. The molecule has 0 aliphatic rings. The number of thioether (sulfide) groups is 1. The number of halogens is 1. The van der Waals surface area contributed by atoms with Crippen LogP contribution < -0.4 is 10.5 Å². The Hall–Kier alpha value is -2.15. The van der Waals surface area contributed by atoms with Crippen molar-refractivity contribution < 1.29 is 13.9 Å². The third kappa shape index (κ3) is 3.30. The van der Waals surface area contributed by atoms with Gasteiger partial charge in [-0.25, -0.2) is 14.4 Å². The molecule has 1 heterocycles. The van der Waals surface area contributed by atoms with Crippen LogP contribution in [-0.4, -0.2) is 28.6 Å². The lowest BCUT2D eigenvalue weighted by Crippen LogP contribution is -2.09. The predicted molar refractivity (Wildman–Crippen MR) is 79.2 cm³/mol. The van der Waals surface area contributed by atoms with Crippen molar-refractivity contribution >= 4 is 23.4 Å². The van der Waals surface area contributed by atoms with Crippen LogP contribution in [0.2, 0.25) is 0 Å². The summed E-state index contributed by atoms with van der Waals surface area (Å²) in [4.78, 5) is 20.4. The van der Waals surface area contributed by atoms with Gasteiger partial charge in [0, 0.05) is 11.8 Å². The second-order valence-corrected chi connectivity index (χ2v) is 5.29. The van der Waals surface area contributed by atoms with Crippen LogP contribution in [0.4, 0.5) is 10.2 Å². The van der Waals surface area contributed by atoms with E-state index in [1.807, 2.05) is 6.92 Å². The Morgan fingerprint density at radius 3 is 2.81 bits per heavy atom. The van der Waals surface area contributed by atoms with Gasteiger partial charge in [-0.05, 0) is 24.0 Å². The molecular weight excluding hydrogens is 293 g/mol. The van der Waals surface area contributed by atoms with Gasteiger partial charge in [-0.15, -0.1) is 0 Å². The van der Waals surface area contributed by atoms with Gasteiger partial charge in [-0.2, -0.15) is 0 Å². The first kappa shape index (κ1) is 15.2. The number of carbonyl (C=O) groups is 1. The summed E-state index contributed by atoms with van der Waals surface area (Å²) < 4.78 is 18.5. The molecule has 110 valence electrons. The number of ether oxygens (including phenoxy) is 1. The van der Waals surface area contributed by atoms with Crippen molar-refractivity contribution in [2.24, 2.45) is 0 Å². The van der Waals surface area contributed by atoms with Crippen LogP contribution in [0.25, 0.3) is 0 Å². The first-order chi connectivity index (χ1) is 10.1. The Kier molecular flexibility index (Phi) is 4.74. The van der Waals surface area contributed by atoms with E-state index in [4.69, 9.17) is 10.5 Å². The molecular formula is C14H14FN3O2S. The van der Waals surface area contributed by atoms with E-state index in [1.54, 1.807) is 0 Å². The van der Waals surface area contributed by atoms with Gasteiger partial charge < -0.3 is 10.5 Å². The number of hydrogen-bond donors (Lipinski definition) is 1. The van der Waals surface area contributed by atoms with Gasteiger partial charge in [0.05, 0.1) is 12.7 Å². The maximum Gasteiger partial charge on any atom is 0.198 e. The molecule has 2 aromatic rings. The molecule has 0 radical (unpaired) electrons. The normalized spacial score (nSPS) is 10.4. The monoisotopic (exact) mass is 307 g/mol. The highest BCUT2D eigenvalue weighted by molar-refractivity contribution is 7.99. The highest BCUT2D eigenvalue weighted by Crippen LogP contribution is 2.22. The number of benzene rings is 1. The topological polar surface area (TPSA) is 78.1 Å². The van der Waals surface area contributed by atoms with Crippen LogP contribution in [0, 0.1) is 5.82 Å². The standard InChI is InChI=1S/C14H14FN3O2S/c1-3-21-14-17-7-9(13(16)18-14)12(19)8-4-5-11(20-2)10(15)6-8/h4-7H,3H2,1-2H3,(H2,16,17,18). The average Bonchev–Trinajstić information content (AvgIpc) is 2.47. The Labute approximate surface area is 125 Å². The zero-order valence-electron chi connectivity index (χ0n) is 11.6. The first-order valence-corrected chi connectivity index (χ1v) is 7.19. The zero-order valence-corrected chi connectivity index (χ0v) is 12.4. The second kappa shape index (κ2) is 6.53. The lowest BCUT2D eigenvalue weighted by atomic mass is 10.1. The van der Waals surface area contributed by atoms with Crippen LogP contribution in [0.5, 0.6) is 5.75 Å². The lowest BCUT2D eigenvalue weighted by molar-refractivity contribution is 0.103. The molecule has 1 aromatic heterocycles. The van der Waals surface area contributed by atoms with Crippen molar-refractivity contribution in [3.8, 4) is 5.75 Å². The molecule has 2 N–H and O–H groups in total. The fourth-order valence-corrected chi connectivity index (χ4v) is 2.26. The smallest absolute Gasteiger partial charge is 0.198 e. The van der Waals surface area contributed by atoms with E-state index < -0.39 is 11.6 Å². The summed E-state index contributed by atoms with van der Waals surface area (Å²) in [7, 11) is 1.36. The van der Waals surface area contributed by atoms with E-state index in [2.05, 4.69) is 9.97 Å². The molecule has 0 spiro atoms. The van der Waals surface area contributed by atoms with Crippen molar-refractivity contribution in [2.75, 3.05) is 18.6 Å².